The van der Waals surface area contributed by atoms with Crippen LogP contribution in [0.25, 0.3) is 0 Å². The maximum absolute atomic E-state index is 11.6. The summed E-state index contributed by atoms with van der Waals surface area (Å²) in [6.07, 6.45) is 0.455. The summed E-state index contributed by atoms with van der Waals surface area (Å²) in [5.74, 6) is -0.0698. The van der Waals surface area contributed by atoms with E-state index < -0.39 is 0 Å². The number of Topliss-reactive ketones (excluding diaryl/α,β-unsaturated/α-hetero) is 1. The second-order valence-electron chi connectivity index (χ2n) is 3.08. The van der Waals surface area contributed by atoms with Crippen LogP contribution in [-0.2, 0) is 4.79 Å². The van der Waals surface area contributed by atoms with Crippen molar-refractivity contribution in [1.29, 1.82) is 0 Å². The number of carbonyl (C=O) groups excluding carboxylic acids is 2. The fourth-order valence-corrected chi connectivity index (χ4v) is 2.30. The Balaban J connectivity index is 0.00000121. The fourth-order valence-electron chi connectivity index (χ4n) is 1.14. The Kier molecular flexibility index (Phi) is 8.08. The Morgan fingerprint density at radius 2 is 2.00 bits per heavy atom. The molecular weight excluding hydrogens is 302 g/mol. The third kappa shape index (κ3) is 4.60. The number of thiophene rings is 1. The zero-order chi connectivity index (χ0) is 13.4. The molecule has 0 bridgehead atoms. The lowest BCUT2D eigenvalue weighted by Crippen LogP contribution is -2.14. The first-order chi connectivity index (χ1) is 8.10. The lowest BCUT2D eigenvalue weighted by Gasteiger charge is -2.05. The summed E-state index contributed by atoms with van der Waals surface area (Å²) in [4.78, 5) is 23.4. The SMILES string of the molecule is CC.CCC(=O)c1scc(C)c1NC(=O)CBr. The average Bonchev–Trinajstić information content (AvgIpc) is 2.72. The van der Waals surface area contributed by atoms with E-state index in [0.717, 1.165) is 5.56 Å². The summed E-state index contributed by atoms with van der Waals surface area (Å²) in [5, 5.41) is 4.85. The summed E-state index contributed by atoms with van der Waals surface area (Å²) in [5.41, 5.74) is 1.60. The fraction of sp³-hybridized carbons (Fsp3) is 0.500. The van der Waals surface area contributed by atoms with E-state index in [2.05, 4.69) is 21.2 Å². The smallest absolute Gasteiger partial charge is 0.235 e. The van der Waals surface area contributed by atoms with Crippen LogP contribution >= 0.6 is 27.3 Å². The van der Waals surface area contributed by atoms with Gasteiger partial charge in [0, 0.05) is 6.42 Å². The van der Waals surface area contributed by atoms with Gasteiger partial charge in [0.1, 0.15) is 0 Å². The lowest BCUT2D eigenvalue weighted by atomic mass is 10.2. The van der Waals surface area contributed by atoms with E-state index in [9.17, 15) is 9.59 Å². The Hall–Kier alpha value is -0.680. The van der Waals surface area contributed by atoms with Crippen molar-refractivity contribution in [2.24, 2.45) is 0 Å². The van der Waals surface area contributed by atoms with Crippen LogP contribution in [0, 0.1) is 6.92 Å². The number of anilines is 1. The Labute approximate surface area is 115 Å². The average molecular weight is 320 g/mol. The largest absolute Gasteiger partial charge is 0.324 e. The molecule has 1 aromatic rings. The number of alkyl halides is 1. The van der Waals surface area contributed by atoms with Crippen LogP contribution in [0.15, 0.2) is 5.38 Å². The van der Waals surface area contributed by atoms with Gasteiger partial charge in [-0.3, -0.25) is 9.59 Å². The molecule has 1 rings (SSSR count). The van der Waals surface area contributed by atoms with Gasteiger partial charge in [-0.15, -0.1) is 11.3 Å². The van der Waals surface area contributed by atoms with E-state index in [0.29, 0.717) is 17.0 Å². The van der Waals surface area contributed by atoms with Gasteiger partial charge in [0.05, 0.1) is 15.9 Å². The van der Waals surface area contributed by atoms with Crippen LogP contribution in [0.3, 0.4) is 0 Å². The summed E-state index contributed by atoms with van der Waals surface area (Å²) in [6, 6.07) is 0. The van der Waals surface area contributed by atoms with Gasteiger partial charge in [-0.25, -0.2) is 0 Å². The van der Waals surface area contributed by atoms with Crippen LogP contribution < -0.4 is 5.32 Å². The second-order valence-corrected chi connectivity index (χ2v) is 4.52. The molecule has 0 atom stereocenters. The molecule has 96 valence electrons. The number of amides is 1. The van der Waals surface area contributed by atoms with Crippen molar-refractivity contribution in [2.75, 3.05) is 10.6 Å². The van der Waals surface area contributed by atoms with Crippen molar-refractivity contribution in [1.82, 2.24) is 0 Å². The van der Waals surface area contributed by atoms with Gasteiger partial charge in [0.25, 0.3) is 0 Å². The molecule has 0 aliphatic rings. The molecular formula is C12H18BrNO2S. The first-order valence-electron chi connectivity index (χ1n) is 5.57. The van der Waals surface area contributed by atoms with Gasteiger partial charge in [-0.1, -0.05) is 36.7 Å². The zero-order valence-corrected chi connectivity index (χ0v) is 13.0. The van der Waals surface area contributed by atoms with E-state index in [-0.39, 0.29) is 17.0 Å². The summed E-state index contributed by atoms with van der Waals surface area (Å²) in [6.45, 7) is 7.69. The van der Waals surface area contributed by atoms with E-state index in [4.69, 9.17) is 0 Å². The van der Waals surface area contributed by atoms with Crippen LogP contribution in [-0.4, -0.2) is 17.0 Å². The molecule has 0 fully saturated rings. The number of aryl methyl sites for hydroxylation is 1. The maximum atomic E-state index is 11.6. The van der Waals surface area contributed by atoms with Crippen molar-refractivity contribution < 1.29 is 9.59 Å². The highest BCUT2D eigenvalue weighted by Gasteiger charge is 2.15. The van der Waals surface area contributed by atoms with E-state index in [1.54, 1.807) is 0 Å². The van der Waals surface area contributed by atoms with Crippen LogP contribution in [0.2, 0.25) is 0 Å². The third-order valence-electron chi connectivity index (χ3n) is 1.94. The van der Waals surface area contributed by atoms with Gasteiger partial charge in [0.2, 0.25) is 5.91 Å². The minimum absolute atomic E-state index is 0.0676. The van der Waals surface area contributed by atoms with E-state index in [1.807, 2.05) is 33.1 Å². The third-order valence-corrected chi connectivity index (χ3v) is 3.58. The van der Waals surface area contributed by atoms with Crippen molar-refractivity contribution in [3.8, 4) is 0 Å². The number of hydrogen-bond donors (Lipinski definition) is 1. The quantitative estimate of drug-likeness (QED) is 0.673. The van der Waals surface area contributed by atoms with E-state index >= 15 is 0 Å². The maximum Gasteiger partial charge on any atom is 0.235 e. The molecule has 0 aliphatic carbocycles. The molecule has 1 aromatic heterocycles. The predicted octanol–water partition coefficient (Wildman–Crippen LogP) is 4.01. The minimum Gasteiger partial charge on any atom is -0.324 e. The predicted molar refractivity (Wildman–Crippen MR) is 77.4 cm³/mol. The molecule has 0 saturated heterocycles. The molecule has 1 N–H and O–H groups in total. The molecule has 0 spiro atoms. The van der Waals surface area contributed by atoms with Gasteiger partial charge in [0.15, 0.2) is 5.78 Å². The number of nitrogens with one attached hydrogen (secondary N) is 1. The normalized spacial score (nSPS) is 9.24. The summed E-state index contributed by atoms with van der Waals surface area (Å²) >= 11 is 4.45. The highest BCUT2D eigenvalue weighted by molar-refractivity contribution is 9.09. The summed E-state index contributed by atoms with van der Waals surface area (Å²) in [7, 11) is 0. The van der Waals surface area contributed by atoms with Gasteiger partial charge < -0.3 is 5.32 Å². The minimum atomic E-state index is -0.137. The van der Waals surface area contributed by atoms with Crippen molar-refractivity contribution in [2.45, 2.75) is 34.1 Å². The zero-order valence-electron chi connectivity index (χ0n) is 10.6. The number of ketones is 1. The number of hydrogen-bond acceptors (Lipinski definition) is 3. The van der Waals surface area contributed by atoms with Gasteiger partial charge in [-0.2, -0.15) is 0 Å². The molecule has 1 heterocycles. The van der Waals surface area contributed by atoms with Crippen molar-refractivity contribution in [3.63, 3.8) is 0 Å². The molecule has 0 radical (unpaired) electrons. The molecule has 1 amide bonds. The molecule has 0 saturated carbocycles. The summed E-state index contributed by atoms with van der Waals surface area (Å²) < 4.78 is 0. The highest BCUT2D eigenvalue weighted by atomic mass is 79.9. The monoisotopic (exact) mass is 319 g/mol. The first-order valence-corrected chi connectivity index (χ1v) is 7.57. The molecule has 3 nitrogen and oxygen atoms in total. The first kappa shape index (κ1) is 16.3. The highest BCUT2D eigenvalue weighted by Crippen LogP contribution is 2.28. The van der Waals surface area contributed by atoms with Gasteiger partial charge in [-0.05, 0) is 17.9 Å². The van der Waals surface area contributed by atoms with Crippen LogP contribution in [0.4, 0.5) is 5.69 Å². The van der Waals surface area contributed by atoms with E-state index in [1.165, 1.54) is 11.3 Å². The second kappa shape index (κ2) is 8.42. The Bertz CT molecular complexity index is 388. The molecule has 0 unspecified atom stereocenters. The van der Waals surface area contributed by atoms with Crippen molar-refractivity contribution in [3.05, 3.63) is 15.8 Å². The van der Waals surface area contributed by atoms with Crippen LogP contribution in [0.1, 0.15) is 42.4 Å². The van der Waals surface area contributed by atoms with Gasteiger partial charge >= 0.3 is 0 Å². The topological polar surface area (TPSA) is 46.2 Å². The molecule has 17 heavy (non-hydrogen) atoms. The van der Waals surface area contributed by atoms with Crippen molar-refractivity contribution >= 4 is 44.6 Å². The Morgan fingerprint density at radius 3 is 2.47 bits per heavy atom. The molecule has 5 heteroatoms. The number of halogens is 1. The number of rotatable bonds is 4. The Morgan fingerprint density at radius 1 is 1.41 bits per heavy atom. The number of carbonyl (C=O) groups is 2. The molecule has 0 aliphatic heterocycles. The standard InChI is InChI=1S/C10H12BrNO2S.C2H6/c1-3-7(13)10-9(6(2)5-15-10)12-8(14)4-11;1-2/h5H,3-4H2,1-2H3,(H,12,14);1-2H3. The van der Waals surface area contributed by atoms with Crippen LogP contribution in [0.5, 0.6) is 0 Å². The lowest BCUT2D eigenvalue weighted by molar-refractivity contribution is -0.113. The molecule has 0 aromatic carbocycles.